The molecule has 0 spiro atoms. The Morgan fingerprint density at radius 3 is 2.17 bits per heavy atom. The van der Waals surface area contributed by atoms with Crippen LogP contribution in [0.2, 0.25) is 0 Å². The molecule has 29 heavy (non-hydrogen) atoms. The van der Waals surface area contributed by atoms with Crippen LogP contribution in [0.5, 0.6) is 0 Å². The number of anilines is 2. The van der Waals surface area contributed by atoms with Crippen molar-refractivity contribution in [2.75, 3.05) is 37.9 Å². The molecule has 3 amide bonds. The summed E-state index contributed by atoms with van der Waals surface area (Å²) < 4.78 is 0. The number of benzene rings is 2. The largest absolute Gasteiger partial charge is 0.336 e. The van der Waals surface area contributed by atoms with Crippen LogP contribution in [0.25, 0.3) is 0 Å². The zero-order valence-electron chi connectivity index (χ0n) is 18.0. The van der Waals surface area contributed by atoms with Gasteiger partial charge in [0.05, 0.1) is 0 Å². The number of para-hydroxylation sites is 1. The summed E-state index contributed by atoms with van der Waals surface area (Å²) in [4.78, 5) is 28.9. The molecule has 2 N–H and O–H groups in total. The molecule has 0 saturated carbocycles. The van der Waals surface area contributed by atoms with E-state index in [4.69, 9.17) is 0 Å². The van der Waals surface area contributed by atoms with E-state index in [1.807, 2.05) is 44.4 Å². The van der Waals surface area contributed by atoms with E-state index in [0.717, 1.165) is 18.5 Å². The summed E-state index contributed by atoms with van der Waals surface area (Å²) in [5, 5.41) is 5.80. The summed E-state index contributed by atoms with van der Waals surface area (Å²) in [5.41, 5.74) is 1.83. The molecule has 0 aliphatic carbocycles. The molecule has 0 fully saturated rings. The molecule has 0 radical (unpaired) electrons. The van der Waals surface area contributed by atoms with Crippen molar-refractivity contribution in [3.8, 4) is 0 Å². The van der Waals surface area contributed by atoms with Gasteiger partial charge in [-0.25, -0.2) is 4.79 Å². The molecule has 2 aromatic rings. The van der Waals surface area contributed by atoms with Gasteiger partial charge in [0.15, 0.2) is 0 Å². The van der Waals surface area contributed by atoms with E-state index in [9.17, 15) is 9.59 Å². The predicted octanol–water partition coefficient (Wildman–Crippen LogP) is 4.21. The third-order valence-corrected chi connectivity index (χ3v) is 5.66. The Morgan fingerprint density at radius 1 is 0.931 bits per heavy atom. The minimum atomic E-state index is -0.279. The zero-order valence-corrected chi connectivity index (χ0v) is 18.0. The van der Waals surface area contributed by atoms with Crippen molar-refractivity contribution in [3.63, 3.8) is 0 Å². The van der Waals surface area contributed by atoms with Crippen molar-refractivity contribution in [1.82, 2.24) is 10.2 Å². The Morgan fingerprint density at radius 2 is 1.59 bits per heavy atom. The number of amides is 3. The quantitative estimate of drug-likeness (QED) is 0.703. The number of hydrogen-bond acceptors (Lipinski definition) is 3. The van der Waals surface area contributed by atoms with Crippen LogP contribution in [-0.2, 0) is 0 Å². The molecule has 0 saturated heterocycles. The monoisotopic (exact) mass is 396 g/mol. The molecular formula is C23H32N4O2. The molecule has 0 aliphatic heterocycles. The van der Waals surface area contributed by atoms with Crippen LogP contribution in [-0.4, -0.2) is 50.1 Å². The fourth-order valence-electron chi connectivity index (χ4n) is 3.40. The maximum atomic E-state index is 12.8. The average Bonchev–Trinajstić information content (AvgIpc) is 2.74. The number of likely N-dealkylation sites (N-methyl/N-ethyl adjacent to an activating group) is 1. The number of nitrogens with zero attached hydrogens (tertiary/aromatic N) is 2. The van der Waals surface area contributed by atoms with Gasteiger partial charge < -0.3 is 20.4 Å². The van der Waals surface area contributed by atoms with Gasteiger partial charge in [-0.3, -0.25) is 4.79 Å². The van der Waals surface area contributed by atoms with Crippen LogP contribution >= 0.6 is 0 Å². The Balaban J connectivity index is 2.04. The molecule has 0 atom stereocenters. The molecule has 0 unspecified atom stereocenters. The van der Waals surface area contributed by atoms with Gasteiger partial charge in [0.1, 0.15) is 0 Å². The van der Waals surface area contributed by atoms with Gasteiger partial charge >= 0.3 is 6.03 Å². The Labute approximate surface area is 173 Å². The van der Waals surface area contributed by atoms with Gasteiger partial charge in [-0.1, -0.05) is 38.1 Å². The van der Waals surface area contributed by atoms with E-state index < -0.39 is 0 Å². The summed E-state index contributed by atoms with van der Waals surface area (Å²) in [7, 11) is 5.80. The predicted molar refractivity (Wildman–Crippen MR) is 120 cm³/mol. The number of hydrogen-bond donors (Lipinski definition) is 2. The second kappa shape index (κ2) is 10.1. The lowest BCUT2D eigenvalue weighted by molar-refractivity contribution is 0.0993. The van der Waals surface area contributed by atoms with Gasteiger partial charge in [0.2, 0.25) is 0 Å². The topological polar surface area (TPSA) is 64.7 Å². The normalized spacial score (nSPS) is 11.2. The van der Waals surface area contributed by atoms with E-state index in [0.29, 0.717) is 17.8 Å². The maximum absolute atomic E-state index is 12.8. The van der Waals surface area contributed by atoms with Gasteiger partial charge in [-0.05, 0) is 57.3 Å². The minimum Gasteiger partial charge on any atom is -0.336 e. The van der Waals surface area contributed by atoms with Crippen molar-refractivity contribution >= 4 is 23.3 Å². The molecule has 0 bridgehead atoms. The van der Waals surface area contributed by atoms with Crippen molar-refractivity contribution in [1.29, 1.82) is 0 Å². The van der Waals surface area contributed by atoms with E-state index >= 15 is 0 Å². The first-order chi connectivity index (χ1) is 13.8. The SMILES string of the molecule is CCC(CC)(CNC(=O)Nc1cccc(C(=O)N(C)c2ccccc2)c1)N(C)C. The molecule has 0 heterocycles. The molecule has 156 valence electrons. The number of rotatable bonds is 8. The van der Waals surface area contributed by atoms with Crippen LogP contribution in [0, 0.1) is 0 Å². The summed E-state index contributed by atoms with van der Waals surface area (Å²) in [6.45, 7) is 4.80. The summed E-state index contributed by atoms with van der Waals surface area (Å²) in [6.07, 6.45) is 1.87. The van der Waals surface area contributed by atoms with Crippen molar-refractivity contribution in [2.24, 2.45) is 0 Å². The van der Waals surface area contributed by atoms with Crippen LogP contribution in [0.3, 0.4) is 0 Å². The first kappa shape index (κ1) is 22.4. The first-order valence-corrected chi connectivity index (χ1v) is 9.98. The lowest BCUT2D eigenvalue weighted by Gasteiger charge is -2.38. The summed E-state index contributed by atoms with van der Waals surface area (Å²) in [5.74, 6) is -0.135. The first-order valence-electron chi connectivity index (χ1n) is 9.98. The lowest BCUT2D eigenvalue weighted by Crippen LogP contribution is -2.52. The van der Waals surface area contributed by atoms with Crippen molar-refractivity contribution in [3.05, 3.63) is 60.2 Å². The van der Waals surface area contributed by atoms with Crippen LogP contribution in [0.4, 0.5) is 16.2 Å². The Kier molecular flexibility index (Phi) is 7.79. The molecule has 6 nitrogen and oxygen atoms in total. The van der Waals surface area contributed by atoms with Crippen LogP contribution < -0.4 is 15.5 Å². The van der Waals surface area contributed by atoms with Crippen LogP contribution in [0.1, 0.15) is 37.0 Å². The Bertz CT molecular complexity index is 817. The summed E-state index contributed by atoms with van der Waals surface area (Å²) >= 11 is 0. The number of nitrogens with one attached hydrogen (secondary N) is 2. The van der Waals surface area contributed by atoms with E-state index in [1.54, 1.807) is 36.2 Å². The molecular weight excluding hydrogens is 364 g/mol. The number of urea groups is 1. The van der Waals surface area contributed by atoms with Gasteiger partial charge in [-0.2, -0.15) is 0 Å². The molecule has 6 heteroatoms. The van der Waals surface area contributed by atoms with E-state index in [1.165, 1.54) is 0 Å². The standard InChI is InChI=1S/C23H32N4O2/c1-6-23(7-2,26(3)4)17-24-22(29)25-19-13-11-12-18(16-19)21(28)27(5)20-14-9-8-10-15-20/h8-16H,6-7,17H2,1-5H3,(H2,24,25,29). The van der Waals surface area contributed by atoms with Gasteiger partial charge in [-0.15, -0.1) is 0 Å². The maximum Gasteiger partial charge on any atom is 0.319 e. The smallest absolute Gasteiger partial charge is 0.319 e. The van der Waals surface area contributed by atoms with E-state index in [-0.39, 0.29) is 17.5 Å². The number of carbonyl (C=O) groups is 2. The highest BCUT2D eigenvalue weighted by atomic mass is 16.2. The second-order valence-corrected chi connectivity index (χ2v) is 7.41. The third kappa shape index (κ3) is 5.57. The minimum absolute atomic E-state index is 0.0758. The number of carbonyl (C=O) groups excluding carboxylic acids is 2. The second-order valence-electron chi connectivity index (χ2n) is 7.41. The third-order valence-electron chi connectivity index (χ3n) is 5.66. The lowest BCUT2D eigenvalue weighted by atomic mass is 9.91. The highest BCUT2D eigenvalue weighted by Gasteiger charge is 2.29. The van der Waals surface area contributed by atoms with Crippen molar-refractivity contribution < 1.29 is 9.59 Å². The van der Waals surface area contributed by atoms with E-state index in [2.05, 4.69) is 29.4 Å². The molecule has 0 aliphatic rings. The zero-order chi connectivity index (χ0) is 21.4. The fraction of sp³-hybridized carbons (Fsp3) is 0.391. The van der Waals surface area contributed by atoms with Gasteiger partial charge in [0.25, 0.3) is 5.91 Å². The summed E-state index contributed by atoms with van der Waals surface area (Å²) in [6, 6.07) is 16.2. The molecule has 2 aromatic carbocycles. The van der Waals surface area contributed by atoms with Gasteiger partial charge in [0, 0.05) is 36.1 Å². The highest BCUT2D eigenvalue weighted by molar-refractivity contribution is 6.06. The molecule has 0 aromatic heterocycles. The van der Waals surface area contributed by atoms with Crippen molar-refractivity contribution in [2.45, 2.75) is 32.2 Å². The Hall–Kier alpha value is -2.86. The van der Waals surface area contributed by atoms with Crippen LogP contribution in [0.15, 0.2) is 54.6 Å². The molecule has 2 rings (SSSR count). The highest BCUT2D eigenvalue weighted by Crippen LogP contribution is 2.21. The average molecular weight is 397 g/mol. The fourth-order valence-corrected chi connectivity index (χ4v) is 3.40.